The van der Waals surface area contributed by atoms with E-state index in [-0.39, 0.29) is 11.9 Å². The fourth-order valence-corrected chi connectivity index (χ4v) is 3.85. The van der Waals surface area contributed by atoms with E-state index >= 15 is 0 Å². The zero-order valence-corrected chi connectivity index (χ0v) is 14.7. The van der Waals surface area contributed by atoms with E-state index in [2.05, 4.69) is 17.4 Å². The number of rotatable bonds is 4. The molecule has 2 atom stereocenters. The summed E-state index contributed by atoms with van der Waals surface area (Å²) in [5.74, 6) is -0.687. The summed E-state index contributed by atoms with van der Waals surface area (Å²) < 4.78 is 5.33. The van der Waals surface area contributed by atoms with Crippen LogP contribution in [-0.2, 0) is 16.0 Å². The largest absolute Gasteiger partial charge is 0.448 e. The number of carbonyl (C=O) groups excluding carboxylic acids is 2. The van der Waals surface area contributed by atoms with Gasteiger partial charge in [-0.1, -0.05) is 24.3 Å². The molecule has 0 saturated carbocycles. The molecule has 1 N–H and O–H groups in total. The van der Waals surface area contributed by atoms with Crippen molar-refractivity contribution in [2.45, 2.75) is 45.3 Å². The van der Waals surface area contributed by atoms with Crippen LogP contribution < -0.4 is 5.32 Å². The van der Waals surface area contributed by atoms with Crippen molar-refractivity contribution in [2.75, 3.05) is 0 Å². The molecule has 24 heavy (non-hydrogen) atoms. The summed E-state index contributed by atoms with van der Waals surface area (Å²) in [6.45, 7) is 3.47. The van der Waals surface area contributed by atoms with E-state index in [0.717, 1.165) is 24.8 Å². The molecule has 1 aliphatic rings. The maximum Gasteiger partial charge on any atom is 0.349 e. The first-order valence-electron chi connectivity index (χ1n) is 8.19. The van der Waals surface area contributed by atoms with Crippen LogP contribution in [0.3, 0.4) is 0 Å². The van der Waals surface area contributed by atoms with Crippen molar-refractivity contribution in [1.29, 1.82) is 0 Å². The minimum absolute atomic E-state index is 0.00734. The first kappa shape index (κ1) is 16.7. The predicted octanol–water partition coefficient (Wildman–Crippen LogP) is 3.80. The van der Waals surface area contributed by atoms with Gasteiger partial charge in [-0.25, -0.2) is 4.79 Å². The highest BCUT2D eigenvalue weighted by Crippen LogP contribution is 2.29. The first-order valence-corrected chi connectivity index (χ1v) is 9.07. The van der Waals surface area contributed by atoms with E-state index in [0.29, 0.717) is 4.88 Å². The molecular weight excluding hydrogens is 322 g/mol. The second-order valence-electron chi connectivity index (χ2n) is 6.13. The lowest BCUT2D eigenvalue weighted by molar-refractivity contribution is -0.130. The van der Waals surface area contributed by atoms with Gasteiger partial charge in [0.2, 0.25) is 0 Å². The van der Waals surface area contributed by atoms with Crippen molar-refractivity contribution in [3.63, 3.8) is 0 Å². The minimum atomic E-state index is -0.812. The second-order valence-corrected chi connectivity index (χ2v) is 7.05. The molecule has 0 aliphatic heterocycles. The summed E-state index contributed by atoms with van der Waals surface area (Å²) >= 11 is 1.33. The maximum atomic E-state index is 12.4. The number of ether oxygens (including phenoxy) is 1. The summed E-state index contributed by atoms with van der Waals surface area (Å²) in [7, 11) is 0. The number of carbonyl (C=O) groups is 2. The molecule has 0 spiro atoms. The Morgan fingerprint density at radius 3 is 2.83 bits per heavy atom. The summed E-state index contributed by atoms with van der Waals surface area (Å²) in [5, 5.41) is 4.87. The molecule has 126 valence electrons. The lowest BCUT2D eigenvalue weighted by Crippen LogP contribution is -2.39. The number of thiophene rings is 1. The van der Waals surface area contributed by atoms with Gasteiger partial charge in [-0.3, -0.25) is 4.79 Å². The number of fused-ring (bicyclic) bond motifs is 1. The molecule has 5 heteroatoms. The maximum absolute atomic E-state index is 12.4. The Hall–Kier alpha value is -2.14. The predicted molar refractivity (Wildman–Crippen MR) is 94.2 cm³/mol. The Morgan fingerprint density at radius 2 is 2.08 bits per heavy atom. The topological polar surface area (TPSA) is 55.4 Å². The molecule has 2 aromatic rings. The molecule has 0 radical (unpaired) electrons. The molecular formula is C19H21NO3S. The van der Waals surface area contributed by atoms with Crippen LogP contribution in [0.1, 0.15) is 52.2 Å². The van der Waals surface area contributed by atoms with Gasteiger partial charge in [-0.15, -0.1) is 11.3 Å². The van der Waals surface area contributed by atoms with Crippen molar-refractivity contribution in [3.8, 4) is 0 Å². The Balaban J connectivity index is 1.63. The van der Waals surface area contributed by atoms with Crippen molar-refractivity contribution in [1.82, 2.24) is 5.32 Å². The summed E-state index contributed by atoms with van der Waals surface area (Å²) in [4.78, 5) is 25.1. The van der Waals surface area contributed by atoms with Crippen LogP contribution in [0.2, 0.25) is 0 Å². The van der Waals surface area contributed by atoms with Crippen LogP contribution in [0.5, 0.6) is 0 Å². The molecule has 0 saturated heterocycles. The van der Waals surface area contributed by atoms with Crippen LogP contribution in [0, 0.1) is 6.92 Å². The van der Waals surface area contributed by atoms with Gasteiger partial charge in [0.15, 0.2) is 6.10 Å². The molecule has 0 unspecified atom stereocenters. The molecule has 1 aromatic heterocycles. The van der Waals surface area contributed by atoms with Gasteiger partial charge in [0.05, 0.1) is 6.04 Å². The quantitative estimate of drug-likeness (QED) is 0.859. The van der Waals surface area contributed by atoms with Crippen LogP contribution in [0.4, 0.5) is 0 Å². The third kappa shape index (κ3) is 3.51. The second kappa shape index (κ2) is 7.18. The highest BCUT2D eigenvalue weighted by atomic mass is 32.1. The molecule has 1 aromatic carbocycles. The summed E-state index contributed by atoms with van der Waals surface area (Å²) in [5.41, 5.74) is 3.33. The number of amides is 1. The van der Waals surface area contributed by atoms with Crippen LogP contribution in [0.25, 0.3) is 0 Å². The van der Waals surface area contributed by atoms with E-state index in [9.17, 15) is 9.59 Å². The molecule has 3 rings (SSSR count). The molecule has 1 heterocycles. The summed E-state index contributed by atoms with van der Waals surface area (Å²) in [6.07, 6.45) is 2.19. The van der Waals surface area contributed by atoms with Crippen molar-refractivity contribution in [2.24, 2.45) is 0 Å². The van der Waals surface area contributed by atoms with Crippen LogP contribution in [0.15, 0.2) is 35.7 Å². The number of esters is 1. The van der Waals surface area contributed by atoms with Gasteiger partial charge < -0.3 is 10.1 Å². The molecule has 1 aliphatic carbocycles. The van der Waals surface area contributed by atoms with Gasteiger partial charge in [0.25, 0.3) is 5.91 Å². The summed E-state index contributed by atoms with van der Waals surface area (Å²) in [6, 6.07) is 10.0. The highest BCUT2D eigenvalue weighted by Gasteiger charge is 2.26. The highest BCUT2D eigenvalue weighted by molar-refractivity contribution is 7.12. The third-order valence-electron chi connectivity index (χ3n) is 4.39. The molecule has 0 fully saturated rings. The van der Waals surface area contributed by atoms with Gasteiger partial charge in [0, 0.05) is 0 Å². The monoisotopic (exact) mass is 343 g/mol. The van der Waals surface area contributed by atoms with Gasteiger partial charge in [0.1, 0.15) is 4.88 Å². The lowest BCUT2D eigenvalue weighted by atomic mass is 9.87. The first-order chi connectivity index (χ1) is 11.6. The number of aryl methyl sites for hydroxylation is 2. The zero-order valence-electron chi connectivity index (χ0n) is 13.9. The lowest BCUT2D eigenvalue weighted by Gasteiger charge is -2.27. The van der Waals surface area contributed by atoms with Gasteiger partial charge in [-0.05, 0) is 61.2 Å². The number of benzene rings is 1. The Labute approximate surface area is 145 Å². The fraction of sp³-hybridized carbons (Fsp3) is 0.368. The standard InChI is InChI=1S/C19H21NO3S/c1-12-10-11-24-17(12)19(22)23-13(2)18(21)20-16-9-5-7-14-6-3-4-8-15(14)16/h3-4,6,8,10-11,13,16H,5,7,9H2,1-2H3,(H,20,21)/t13-,16-/m1/s1. The van der Waals surface area contributed by atoms with Gasteiger partial charge in [-0.2, -0.15) is 0 Å². The SMILES string of the molecule is Cc1ccsc1C(=O)O[C@H](C)C(=O)N[C@@H]1CCCc2ccccc21. The number of nitrogens with one attached hydrogen (secondary N) is 1. The van der Waals surface area contributed by atoms with E-state index in [1.54, 1.807) is 6.92 Å². The third-order valence-corrected chi connectivity index (χ3v) is 5.38. The van der Waals surface area contributed by atoms with E-state index in [4.69, 9.17) is 4.74 Å². The average Bonchev–Trinajstić information content (AvgIpc) is 3.01. The smallest absolute Gasteiger partial charge is 0.349 e. The van der Waals surface area contributed by atoms with Gasteiger partial charge >= 0.3 is 5.97 Å². The Bertz CT molecular complexity index is 753. The minimum Gasteiger partial charge on any atom is -0.448 e. The van der Waals surface area contributed by atoms with E-state index < -0.39 is 12.1 Å². The zero-order chi connectivity index (χ0) is 17.1. The van der Waals surface area contributed by atoms with Crippen LogP contribution >= 0.6 is 11.3 Å². The van der Waals surface area contributed by atoms with Crippen molar-refractivity contribution in [3.05, 3.63) is 57.3 Å². The Kier molecular flexibility index (Phi) is 5.00. The van der Waals surface area contributed by atoms with E-state index in [1.165, 1.54) is 22.5 Å². The fourth-order valence-electron chi connectivity index (χ4n) is 3.04. The molecule has 4 nitrogen and oxygen atoms in total. The number of hydrogen-bond acceptors (Lipinski definition) is 4. The Morgan fingerprint density at radius 1 is 1.29 bits per heavy atom. The average molecular weight is 343 g/mol. The molecule has 1 amide bonds. The molecule has 0 bridgehead atoms. The number of hydrogen-bond donors (Lipinski definition) is 1. The van der Waals surface area contributed by atoms with E-state index in [1.807, 2.05) is 30.5 Å². The van der Waals surface area contributed by atoms with Crippen molar-refractivity contribution < 1.29 is 14.3 Å². The normalized spacial score (nSPS) is 17.7. The van der Waals surface area contributed by atoms with Crippen LogP contribution in [-0.4, -0.2) is 18.0 Å². The van der Waals surface area contributed by atoms with Crippen molar-refractivity contribution >= 4 is 23.2 Å².